The number of allylic oxidation sites excluding steroid dienone is 1. The third-order valence-electron chi connectivity index (χ3n) is 5.94. The maximum Gasteiger partial charge on any atom is 0.243 e. The Morgan fingerprint density at radius 2 is 1.69 bits per heavy atom. The Hall–Kier alpha value is -2.35. The molecule has 32 heavy (non-hydrogen) atoms. The first-order chi connectivity index (χ1) is 15.5. The largest absolute Gasteiger partial charge is 0.335 e. The van der Waals surface area contributed by atoms with Gasteiger partial charge in [-0.2, -0.15) is 4.31 Å². The molecule has 0 N–H and O–H groups in total. The zero-order valence-corrected chi connectivity index (χ0v) is 20.1. The van der Waals surface area contributed by atoms with Crippen molar-refractivity contribution in [2.45, 2.75) is 38.0 Å². The van der Waals surface area contributed by atoms with Crippen molar-refractivity contribution in [1.82, 2.24) is 9.21 Å². The third kappa shape index (κ3) is 4.29. The first-order valence-electron chi connectivity index (χ1n) is 11.0. The van der Waals surface area contributed by atoms with E-state index in [1.54, 1.807) is 36.0 Å². The molecular formula is C25H28N2O3S2. The Kier molecular flexibility index (Phi) is 6.88. The van der Waals surface area contributed by atoms with E-state index in [4.69, 9.17) is 0 Å². The lowest BCUT2D eigenvalue weighted by atomic mass is 10.00. The Bertz CT molecular complexity index is 1150. The van der Waals surface area contributed by atoms with Crippen molar-refractivity contribution in [2.24, 2.45) is 0 Å². The highest BCUT2D eigenvalue weighted by atomic mass is 32.2. The van der Waals surface area contributed by atoms with Gasteiger partial charge in [0, 0.05) is 36.2 Å². The summed E-state index contributed by atoms with van der Waals surface area (Å²) in [6.45, 7) is 5.36. The smallest absolute Gasteiger partial charge is 0.243 e. The molecule has 2 aromatic rings. The van der Waals surface area contributed by atoms with Crippen LogP contribution in [0, 0.1) is 0 Å². The van der Waals surface area contributed by atoms with Gasteiger partial charge >= 0.3 is 0 Å². The van der Waals surface area contributed by atoms with Crippen LogP contribution in [0.25, 0.3) is 5.70 Å². The molecule has 2 heterocycles. The molecule has 2 aromatic carbocycles. The number of Topliss-reactive ketones (excluding diaryl/α,β-unsaturated/α-hetero) is 1. The molecule has 7 heteroatoms. The van der Waals surface area contributed by atoms with Gasteiger partial charge < -0.3 is 4.90 Å². The number of sulfonamides is 1. The lowest BCUT2D eigenvalue weighted by Crippen LogP contribution is -2.30. The average molecular weight is 469 g/mol. The molecule has 0 bridgehead atoms. The molecule has 0 atom stereocenters. The minimum Gasteiger partial charge on any atom is -0.335 e. The SMILES string of the molecule is CCN(CC)S(=O)(=O)c1ccc(C(=O)C2=C3SC=C(c4ccccc4)N3CCCC2)cc1. The van der Waals surface area contributed by atoms with Gasteiger partial charge in [-0.15, -0.1) is 0 Å². The lowest BCUT2D eigenvalue weighted by Gasteiger charge is -2.23. The summed E-state index contributed by atoms with van der Waals surface area (Å²) in [4.78, 5) is 16.0. The molecule has 0 saturated heterocycles. The van der Waals surface area contributed by atoms with Gasteiger partial charge in [0.05, 0.1) is 15.6 Å². The van der Waals surface area contributed by atoms with Crippen LogP contribution in [0.5, 0.6) is 0 Å². The van der Waals surface area contributed by atoms with E-state index in [1.165, 1.54) is 4.31 Å². The van der Waals surface area contributed by atoms with Crippen LogP contribution < -0.4 is 0 Å². The standard InChI is InChI=1S/C25H28N2O3S2/c1-3-26(4-2)32(29,30)21-15-13-20(14-16-21)24(28)22-12-8-9-17-27-23(18-31-25(22)27)19-10-6-5-7-11-19/h5-7,10-11,13-16,18H,3-4,8-9,12,17H2,1-2H3. The maximum absolute atomic E-state index is 13.5. The number of fused-ring (bicyclic) bond motifs is 1. The number of thioether (sulfide) groups is 1. The molecule has 4 rings (SSSR count). The van der Waals surface area contributed by atoms with E-state index in [2.05, 4.69) is 22.4 Å². The highest BCUT2D eigenvalue weighted by Gasteiger charge is 2.30. The van der Waals surface area contributed by atoms with Crippen molar-refractivity contribution in [3.05, 3.63) is 81.7 Å². The maximum atomic E-state index is 13.5. The average Bonchev–Trinajstić information content (AvgIpc) is 3.12. The van der Waals surface area contributed by atoms with Gasteiger partial charge in [0.1, 0.15) is 0 Å². The highest BCUT2D eigenvalue weighted by molar-refractivity contribution is 8.06. The van der Waals surface area contributed by atoms with Gasteiger partial charge in [-0.05, 0) is 49.1 Å². The molecule has 0 amide bonds. The molecule has 2 aliphatic heterocycles. The fourth-order valence-corrected chi connectivity index (χ4v) is 6.79. The zero-order valence-electron chi connectivity index (χ0n) is 18.5. The van der Waals surface area contributed by atoms with Gasteiger partial charge in [-0.1, -0.05) is 55.9 Å². The summed E-state index contributed by atoms with van der Waals surface area (Å²) in [7, 11) is -3.54. The van der Waals surface area contributed by atoms with Crippen LogP contribution in [0.2, 0.25) is 0 Å². The topological polar surface area (TPSA) is 57.7 Å². The number of carbonyl (C=O) groups is 1. The summed E-state index contributed by atoms with van der Waals surface area (Å²) in [5, 5.41) is 3.13. The minimum atomic E-state index is -3.54. The van der Waals surface area contributed by atoms with E-state index in [0.29, 0.717) is 18.7 Å². The normalized spacial score (nSPS) is 16.7. The molecule has 0 fully saturated rings. The number of carbonyl (C=O) groups excluding carboxylic acids is 1. The van der Waals surface area contributed by atoms with Gasteiger partial charge in [0.2, 0.25) is 10.0 Å². The van der Waals surface area contributed by atoms with Crippen molar-refractivity contribution >= 4 is 33.3 Å². The Labute approximate surface area is 194 Å². The Balaban J connectivity index is 1.63. The second-order valence-corrected chi connectivity index (χ2v) is 10.6. The number of rotatable bonds is 7. The van der Waals surface area contributed by atoms with Gasteiger partial charge in [-0.3, -0.25) is 4.79 Å². The van der Waals surface area contributed by atoms with Crippen molar-refractivity contribution in [3.8, 4) is 0 Å². The van der Waals surface area contributed by atoms with E-state index >= 15 is 0 Å². The number of benzene rings is 2. The van der Waals surface area contributed by atoms with Crippen LogP contribution in [0.4, 0.5) is 0 Å². The molecule has 168 valence electrons. The predicted molar refractivity (Wildman–Crippen MR) is 130 cm³/mol. The number of ketones is 1. The van der Waals surface area contributed by atoms with Crippen LogP contribution in [0.15, 0.2) is 75.5 Å². The number of nitrogens with zero attached hydrogens (tertiary/aromatic N) is 2. The number of hydrogen-bond acceptors (Lipinski definition) is 5. The molecule has 0 spiro atoms. The molecule has 0 radical (unpaired) electrons. The van der Waals surface area contributed by atoms with Crippen LogP contribution in [-0.2, 0) is 10.0 Å². The quantitative estimate of drug-likeness (QED) is 0.513. The lowest BCUT2D eigenvalue weighted by molar-refractivity contribution is 0.102. The van der Waals surface area contributed by atoms with Crippen LogP contribution in [0.1, 0.15) is 49.0 Å². The summed E-state index contributed by atoms with van der Waals surface area (Å²) in [5.41, 5.74) is 3.63. The van der Waals surface area contributed by atoms with E-state index in [9.17, 15) is 13.2 Å². The molecule has 0 aromatic heterocycles. The van der Waals surface area contributed by atoms with Crippen LogP contribution >= 0.6 is 11.8 Å². The summed E-state index contributed by atoms with van der Waals surface area (Å²) in [6.07, 6.45) is 2.71. The Morgan fingerprint density at radius 3 is 2.34 bits per heavy atom. The van der Waals surface area contributed by atoms with Crippen molar-refractivity contribution in [1.29, 1.82) is 0 Å². The molecular weight excluding hydrogens is 440 g/mol. The molecule has 5 nitrogen and oxygen atoms in total. The summed E-state index contributed by atoms with van der Waals surface area (Å²) in [5.74, 6) is -0.0195. The van der Waals surface area contributed by atoms with E-state index in [1.807, 2.05) is 32.0 Å². The first-order valence-corrected chi connectivity index (χ1v) is 13.4. The monoisotopic (exact) mass is 468 g/mol. The predicted octanol–water partition coefficient (Wildman–Crippen LogP) is 5.34. The highest BCUT2D eigenvalue weighted by Crippen LogP contribution is 2.44. The molecule has 0 saturated carbocycles. The zero-order chi connectivity index (χ0) is 22.7. The minimum absolute atomic E-state index is 0.0195. The van der Waals surface area contributed by atoms with E-state index in [0.717, 1.165) is 47.7 Å². The van der Waals surface area contributed by atoms with Gasteiger partial charge in [-0.25, -0.2) is 8.42 Å². The van der Waals surface area contributed by atoms with Gasteiger partial charge in [0.15, 0.2) is 5.78 Å². The van der Waals surface area contributed by atoms with Crippen molar-refractivity contribution in [2.75, 3.05) is 19.6 Å². The third-order valence-corrected chi connectivity index (χ3v) is 9.03. The van der Waals surface area contributed by atoms with Crippen molar-refractivity contribution < 1.29 is 13.2 Å². The fourth-order valence-electron chi connectivity index (χ4n) is 4.19. The van der Waals surface area contributed by atoms with E-state index in [-0.39, 0.29) is 10.7 Å². The molecule has 2 aliphatic rings. The van der Waals surface area contributed by atoms with Crippen LogP contribution in [-0.4, -0.2) is 43.0 Å². The first kappa shape index (κ1) is 22.8. The second-order valence-electron chi connectivity index (χ2n) is 7.82. The molecule has 0 aliphatic carbocycles. The fraction of sp³-hybridized carbons (Fsp3) is 0.320. The van der Waals surface area contributed by atoms with Gasteiger partial charge in [0.25, 0.3) is 0 Å². The summed E-state index contributed by atoms with van der Waals surface area (Å²) in [6, 6.07) is 16.6. The van der Waals surface area contributed by atoms with E-state index < -0.39 is 10.0 Å². The van der Waals surface area contributed by atoms with Crippen molar-refractivity contribution in [3.63, 3.8) is 0 Å². The summed E-state index contributed by atoms with van der Waals surface area (Å²) >= 11 is 1.61. The Morgan fingerprint density at radius 1 is 1.00 bits per heavy atom. The number of hydrogen-bond donors (Lipinski definition) is 0. The second kappa shape index (κ2) is 9.65. The van der Waals surface area contributed by atoms with Crippen LogP contribution in [0.3, 0.4) is 0 Å². The summed E-state index contributed by atoms with van der Waals surface area (Å²) < 4.78 is 26.9. The molecule has 0 unspecified atom stereocenters.